The Morgan fingerprint density at radius 2 is 1.81 bits per heavy atom. The SMILES string of the molecule is CC(C)Oc1cccc(OC(C(=O)O)=C2CCCCC2)c1. The summed E-state index contributed by atoms with van der Waals surface area (Å²) in [6.45, 7) is 3.89. The maximum absolute atomic E-state index is 11.5. The van der Waals surface area contributed by atoms with Crippen LogP contribution in [0.3, 0.4) is 0 Å². The molecule has 0 aliphatic heterocycles. The molecule has 1 fully saturated rings. The molecule has 0 radical (unpaired) electrons. The molecule has 0 amide bonds. The molecule has 0 unspecified atom stereocenters. The molecule has 4 nitrogen and oxygen atoms in total. The summed E-state index contributed by atoms with van der Waals surface area (Å²) in [4.78, 5) is 11.5. The number of carboxylic acid groups (broad SMARTS) is 1. The first-order chi connectivity index (χ1) is 10.1. The van der Waals surface area contributed by atoms with Gasteiger partial charge in [0, 0.05) is 6.07 Å². The number of rotatable bonds is 5. The molecule has 1 aliphatic carbocycles. The molecule has 0 heterocycles. The normalized spacial score (nSPS) is 14.9. The van der Waals surface area contributed by atoms with Crippen molar-refractivity contribution in [2.45, 2.75) is 52.1 Å². The largest absolute Gasteiger partial charge is 0.491 e. The van der Waals surface area contributed by atoms with Gasteiger partial charge in [0.25, 0.3) is 0 Å². The summed E-state index contributed by atoms with van der Waals surface area (Å²) in [5.41, 5.74) is 0.906. The minimum Gasteiger partial charge on any atom is -0.491 e. The van der Waals surface area contributed by atoms with E-state index in [2.05, 4.69) is 0 Å². The van der Waals surface area contributed by atoms with Gasteiger partial charge in [-0.25, -0.2) is 4.79 Å². The van der Waals surface area contributed by atoms with Crippen molar-refractivity contribution in [2.24, 2.45) is 0 Å². The standard InChI is InChI=1S/C17H22O4/c1-12(2)20-14-9-6-10-15(11-14)21-16(17(18)19)13-7-4-3-5-8-13/h6,9-12H,3-5,7-8H2,1-2H3,(H,18,19). The third kappa shape index (κ3) is 4.52. The Kier molecular flexibility index (Phi) is 5.26. The molecule has 1 aromatic rings. The molecule has 1 aliphatic rings. The highest BCUT2D eigenvalue weighted by Gasteiger charge is 2.19. The molecule has 0 spiro atoms. The minimum absolute atomic E-state index is 0.0656. The van der Waals surface area contributed by atoms with Gasteiger partial charge in [-0.05, 0) is 57.2 Å². The van der Waals surface area contributed by atoms with E-state index in [0.717, 1.165) is 37.7 Å². The fourth-order valence-corrected chi connectivity index (χ4v) is 2.47. The Morgan fingerprint density at radius 1 is 1.14 bits per heavy atom. The van der Waals surface area contributed by atoms with Gasteiger partial charge in [0.05, 0.1) is 6.10 Å². The van der Waals surface area contributed by atoms with Gasteiger partial charge in [-0.2, -0.15) is 0 Å². The zero-order valence-corrected chi connectivity index (χ0v) is 12.6. The first kappa shape index (κ1) is 15.4. The van der Waals surface area contributed by atoms with Gasteiger partial charge in [-0.1, -0.05) is 12.5 Å². The number of aliphatic carboxylic acids is 1. The van der Waals surface area contributed by atoms with Crippen molar-refractivity contribution in [1.82, 2.24) is 0 Å². The quantitative estimate of drug-likeness (QED) is 0.653. The highest BCUT2D eigenvalue weighted by molar-refractivity contribution is 5.85. The summed E-state index contributed by atoms with van der Waals surface area (Å²) in [6, 6.07) is 7.12. The second kappa shape index (κ2) is 7.16. The molecule has 114 valence electrons. The van der Waals surface area contributed by atoms with Crippen molar-refractivity contribution < 1.29 is 19.4 Å². The highest BCUT2D eigenvalue weighted by Crippen LogP contribution is 2.29. The summed E-state index contributed by atoms with van der Waals surface area (Å²) in [5, 5.41) is 9.39. The third-order valence-corrected chi connectivity index (χ3v) is 3.37. The van der Waals surface area contributed by atoms with E-state index in [9.17, 15) is 9.90 Å². The highest BCUT2D eigenvalue weighted by atomic mass is 16.5. The number of carboxylic acids is 1. The van der Waals surface area contributed by atoms with Gasteiger partial charge in [-0.3, -0.25) is 0 Å². The number of benzene rings is 1. The summed E-state index contributed by atoms with van der Waals surface area (Å²) in [7, 11) is 0. The molecule has 1 N–H and O–H groups in total. The van der Waals surface area contributed by atoms with E-state index in [0.29, 0.717) is 11.5 Å². The number of hydrogen-bond donors (Lipinski definition) is 1. The zero-order chi connectivity index (χ0) is 15.2. The topological polar surface area (TPSA) is 55.8 Å². The maximum Gasteiger partial charge on any atom is 0.371 e. The fourth-order valence-electron chi connectivity index (χ4n) is 2.47. The number of ether oxygens (including phenoxy) is 2. The van der Waals surface area contributed by atoms with Gasteiger partial charge in [0.2, 0.25) is 5.76 Å². The number of hydrogen-bond acceptors (Lipinski definition) is 3. The Hall–Kier alpha value is -1.97. The van der Waals surface area contributed by atoms with Crippen LogP contribution in [0.25, 0.3) is 0 Å². The van der Waals surface area contributed by atoms with Crippen LogP contribution in [0.5, 0.6) is 11.5 Å². The Balaban J connectivity index is 2.19. The van der Waals surface area contributed by atoms with E-state index in [1.807, 2.05) is 19.9 Å². The monoisotopic (exact) mass is 290 g/mol. The lowest BCUT2D eigenvalue weighted by Crippen LogP contribution is -2.13. The summed E-state index contributed by atoms with van der Waals surface area (Å²) in [6.07, 6.45) is 4.91. The predicted octanol–water partition coefficient (Wildman–Crippen LogP) is 4.16. The van der Waals surface area contributed by atoms with Crippen LogP contribution in [-0.2, 0) is 4.79 Å². The first-order valence-electron chi connectivity index (χ1n) is 7.46. The van der Waals surface area contributed by atoms with Crippen molar-refractivity contribution >= 4 is 5.97 Å². The van der Waals surface area contributed by atoms with Gasteiger partial charge in [-0.15, -0.1) is 0 Å². The molecule has 2 rings (SSSR count). The van der Waals surface area contributed by atoms with Gasteiger partial charge < -0.3 is 14.6 Å². The van der Waals surface area contributed by atoms with Crippen LogP contribution in [0.4, 0.5) is 0 Å². The van der Waals surface area contributed by atoms with Crippen LogP contribution in [0, 0.1) is 0 Å². The van der Waals surface area contributed by atoms with E-state index < -0.39 is 5.97 Å². The van der Waals surface area contributed by atoms with Gasteiger partial charge in [0.15, 0.2) is 0 Å². The van der Waals surface area contributed by atoms with E-state index in [1.54, 1.807) is 18.2 Å². The predicted molar refractivity (Wildman–Crippen MR) is 80.6 cm³/mol. The lowest BCUT2D eigenvalue weighted by Gasteiger charge is -2.17. The van der Waals surface area contributed by atoms with Crippen molar-refractivity contribution in [3.63, 3.8) is 0 Å². The van der Waals surface area contributed by atoms with Crippen LogP contribution < -0.4 is 9.47 Å². The van der Waals surface area contributed by atoms with Crippen LogP contribution in [0.1, 0.15) is 46.0 Å². The van der Waals surface area contributed by atoms with E-state index in [1.165, 1.54) is 0 Å². The smallest absolute Gasteiger partial charge is 0.371 e. The number of allylic oxidation sites excluding steroid dienone is 1. The molecular weight excluding hydrogens is 268 g/mol. The Labute approximate surface area is 125 Å². The molecule has 0 aromatic heterocycles. The summed E-state index contributed by atoms with van der Waals surface area (Å²) < 4.78 is 11.2. The zero-order valence-electron chi connectivity index (χ0n) is 12.6. The lowest BCUT2D eigenvalue weighted by molar-refractivity contribution is -0.135. The van der Waals surface area contributed by atoms with Crippen molar-refractivity contribution in [1.29, 1.82) is 0 Å². The molecule has 4 heteroatoms. The third-order valence-electron chi connectivity index (χ3n) is 3.37. The van der Waals surface area contributed by atoms with Crippen molar-refractivity contribution in [2.75, 3.05) is 0 Å². The second-order valence-electron chi connectivity index (χ2n) is 5.54. The molecule has 0 saturated heterocycles. The summed E-state index contributed by atoms with van der Waals surface area (Å²) >= 11 is 0. The van der Waals surface area contributed by atoms with E-state index in [-0.39, 0.29) is 11.9 Å². The average molecular weight is 290 g/mol. The molecule has 21 heavy (non-hydrogen) atoms. The first-order valence-corrected chi connectivity index (χ1v) is 7.46. The van der Waals surface area contributed by atoms with Crippen LogP contribution in [0.15, 0.2) is 35.6 Å². The molecule has 0 atom stereocenters. The van der Waals surface area contributed by atoms with Crippen LogP contribution in [0.2, 0.25) is 0 Å². The Bertz CT molecular complexity index is 523. The van der Waals surface area contributed by atoms with E-state index >= 15 is 0 Å². The second-order valence-corrected chi connectivity index (χ2v) is 5.54. The van der Waals surface area contributed by atoms with Crippen molar-refractivity contribution in [3.05, 3.63) is 35.6 Å². The van der Waals surface area contributed by atoms with Crippen molar-refractivity contribution in [3.8, 4) is 11.5 Å². The molecule has 0 bridgehead atoms. The average Bonchev–Trinajstić information content (AvgIpc) is 2.45. The molecule has 1 saturated carbocycles. The van der Waals surface area contributed by atoms with Crippen LogP contribution in [-0.4, -0.2) is 17.2 Å². The Morgan fingerprint density at radius 3 is 2.43 bits per heavy atom. The lowest BCUT2D eigenvalue weighted by atomic mass is 9.94. The fraction of sp³-hybridized carbons (Fsp3) is 0.471. The maximum atomic E-state index is 11.5. The van der Waals surface area contributed by atoms with E-state index in [4.69, 9.17) is 9.47 Å². The van der Waals surface area contributed by atoms with Gasteiger partial charge >= 0.3 is 5.97 Å². The molecular formula is C17H22O4. The van der Waals surface area contributed by atoms with Crippen LogP contribution >= 0.6 is 0 Å². The molecule has 1 aromatic carbocycles. The number of carbonyl (C=O) groups is 1. The van der Waals surface area contributed by atoms with Gasteiger partial charge in [0.1, 0.15) is 11.5 Å². The summed E-state index contributed by atoms with van der Waals surface area (Å²) in [5.74, 6) is 0.267. The minimum atomic E-state index is -0.998.